The normalized spacial score (nSPS) is 12.2. The van der Waals surface area contributed by atoms with Crippen LogP contribution in [0.3, 0.4) is 0 Å². The average Bonchev–Trinajstić information content (AvgIpc) is 2.63. The zero-order chi connectivity index (χ0) is 9.97. The van der Waals surface area contributed by atoms with E-state index >= 15 is 0 Å². The minimum absolute atomic E-state index is 0.462. The molecule has 0 bridgehead atoms. The number of nitrogens with zero attached hydrogens (tertiary/aromatic N) is 3. The summed E-state index contributed by atoms with van der Waals surface area (Å²) in [5, 5.41) is 11.8. The first-order valence-corrected chi connectivity index (χ1v) is 4.74. The van der Waals surface area contributed by atoms with Gasteiger partial charge >= 0.3 is 0 Å². The molecule has 0 aliphatic carbocycles. The van der Waals surface area contributed by atoms with Gasteiger partial charge in [-0.25, -0.2) is 4.98 Å². The molecule has 1 heterocycles. The Morgan fingerprint density at radius 1 is 1.50 bits per heavy atom. The molecule has 1 aromatic carbocycles. The van der Waals surface area contributed by atoms with Crippen LogP contribution in [0.25, 0.3) is 10.2 Å². The molecule has 68 valence electrons. The molecular formula is C9H5N3OS. The summed E-state index contributed by atoms with van der Waals surface area (Å²) in [6, 6.07) is 8.31. The Morgan fingerprint density at radius 2 is 2.29 bits per heavy atom. The Bertz CT molecular complexity index is 481. The van der Waals surface area contributed by atoms with Crippen molar-refractivity contribution in [3.8, 4) is 6.07 Å². The van der Waals surface area contributed by atoms with Crippen molar-refractivity contribution in [1.29, 1.82) is 5.26 Å². The van der Waals surface area contributed by atoms with E-state index in [1.54, 1.807) is 6.07 Å². The van der Waals surface area contributed by atoms with Crippen LogP contribution in [0.2, 0.25) is 0 Å². The third-order valence-corrected chi connectivity index (χ3v) is 2.86. The van der Waals surface area contributed by atoms with E-state index in [0.717, 1.165) is 10.2 Å². The number of rotatable bonds is 2. The third kappa shape index (κ3) is 1.36. The van der Waals surface area contributed by atoms with Gasteiger partial charge in [-0.2, -0.15) is 5.26 Å². The molecule has 0 aliphatic heterocycles. The Balaban J connectivity index is 2.55. The minimum Gasteiger partial charge on any atom is -0.238 e. The van der Waals surface area contributed by atoms with Crippen molar-refractivity contribution >= 4 is 21.6 Å². The van der Waals surface area contributed by atoms with E-state index in [1.165, 1.54) is 11.3 Å². The standard InChI is InChI=1S/C9H5N3OS/c10-5-7(12-13)9-11-6-3-1-2-4-8(6)14-9/h1-4,7H. The highest BCUT2D eigenvalue weighted by Gasteiger charge is 2.15. The fourth-order valence-electron chi connectivity index (χ4n) is 1.13. The molecule has 4 nitrogen and oxygen atoms in total. The van der Waals surface area contributed by atoms with Crippen LogP contribution in [0.5, 0.6) is 0 Å². The molecule has 0 saturated carbocycles. The van der Waals surface area contributed by atoms with Gasteiger partial charge in [0.05, 0.1) is 10.2 Å². The highest BCUT2D eigenvalue weighted by Crippen LogP contribution is 2.27. The number of thiazole rings is 1. The van der Waals surface area contributed by atoms with Crippen molar-refractivity contribution in [2.75, 3.05) is 0 Å². The number of nitriles is 1. The molecule has 0 N–H and O–H groups in total. The summed E-state index contributed by atoms with van der Waals surface area (Å²) in [6.45, 7) is 0. The van der Waals surface area contributed by atoms with Crippen LogP contribution < -0.4 is 0 Å². The number of para-hydroxylation sites is 1. The molecule has 1 unspecified atom stereocenters. The Hall–Kier alpha value is -1.80. The highest BCUT2D eigenvalue weighted by molar-refractivity contribution is 7.18. The maximum atomic E-state index is 10.3. The van der Waals surface area contributed by atoms with Crippen LogP contribution in [0.1, 0.15) is 11.0 Å². The van der Waals surface area contributed by atoms with Gasteiger partial charge < -0.3 is 0 Å². The zero-order valence-electron chi connectivity index (χ0n) is 7.04. The van der Waals surface area contributed by atoms with E-state index in [1.807, 2.05) is 24.3 Å². The predicted molar refractivity (Wildman–Crippen MR) is 53.8 cm³/mol. The van der Waals surface area contributed by atoms with Gasteiger partial charge in [0.2, 0.25) is 6.04 Å². The van der Waals surface area contributed by atoms with Gasteiger partial charge in [0.15, 0.2) is 0 Å². The van der Waals surface area contributed by atoms with Crippen LogP contribution >= 0.6 is 11.3 Å². The van der Waals surface area contributed by atoms with Gasteiger partial charge in [-0.05, 0) is 17.3 Å². The molecular weight excluding hydrogens is 198 g/mol. The fourth-order valence-corrected chi connectivity index (χ4v) is 2.07. The molecule has 2 rings (SSSR count). The quantitative estimate of drug-likeness (QED) is 0.704. The summed E-state index contributed by atoms with van der Waals surface area (Å²) >= 11 is 1.33. The molecule has 2 aromatic rings. The van der Waals surface area contributed by atoms with Gasteiger partial charge in [-0.15, -0.1) is 16.2 Å². The monoisotopic (exact) mass is 203 g/mol. The summed E-state index contributed by atoms with van der Waals surface area (Å²) in [5.41, 5.74) is 0.802. The second kappa shape index (κ2) is 3.52. The number of nitroso groups, excluding NO2 is 1. The molecule has 0 fully saturated rings. The first kappa shape index (κ1) is 8.78. The maximum absolute atomic E-state index is 10.3. The summed E-state index contributed by atoms with van der Waals surface area (Å²) in [6.07, 6.45) is 0. The Morgan fingerprint density at radius 3 is 2.93 bits per heavy atom. The first-order valence-electron chi connectivity index (χ1n) is 3.92. The lowest BCUT2D eigenvalue weighted by Crippen LogP contribution is -1.87. The van der Waals surface area contributed by atoms with Crippen molar-refractivity contribution in [2.45, 2.75) is 6.04 Å². The van der Waals surface area contributed by atoms with E-state index in [0.29, 0.717) is 5.01 Å². The molecule has 5 heteroatoms. The van der Waals surface area contributed by atoms with Crippen molar-refractivity contribution < 1.29 is 0 Å². The van der Waals surface area contributed by atoms with Crippen LogP contribution in [0.4, 0.5) is 0 Å². The number of fused-ring (bicyclic) bond motifs is 1. The number of benzene rings is 1. The predicted octanol–water partition coefficient (Wildman–Crippen LogP) is 2.63. The topological polar surface area (TPSA) is 66.1 Å². The SMILES string of the molecule is N#CC(N=O)c1nc2ccccc2s1. The van der Waals surface area contributed by atoms with Crippen LogP contribution in [0.15, 0.2) is 29.4 Å². The maximum Gasteiger partial charge on any atom is 0.229 e. The van der Waals surface area contributed by atoms with Crippen molar-refractivity contribution in [1.82, 2.24) is 4.98 Å². The highest BCUT2D eigenvalue weighted by atomic mass is 32.1. The number of aromatic nitrogens is 1. The minimum atomic E-state index is -0.979. The molecule has 0 saturated heterocycles. The molecule has 14 heavy (non-hydrogen) atoms. The molecule has 0 aliphatic rings. The molecule has 0 spiro atoms. The van der Waals surface area contributed by atoms with Gasteiger partial charge in [-0.1, -0.05) is 12.1 Å². The van der Waals surface area contributed by atoms with E-state index in [4.69, 9.17) is 5.26 Å². The number of hydrogen-bond donors (Lipinski definition) is 0. The van der Waals surface area contributed by atoms with Crippen molar-refractivity contribution in [2.24, 2.45) is 5.18 Å². The Kier molecular flexibility index (Phi) is 2.21. The summed E-state index contributed by atoms with van der Waals surface area (Å²) in [5.74, 6) is 0. The van der Waals surface area contributed by atoms with Gasteiger partial charge in [0.1, 0.15) is 11.1 Å². The molecule has 0 amide bonds. The van der Waals surface area contributed by atoms with Gasteiger partial charge in [0.25, 0.3) is 0 Å². The van der Waals surface area contributed by atoms with Crippen molar-refractivity contribution in [3.63, 3.8) is 0 Å². The fraction of sp³-hybridized carbons (Fsp3) is 0.111. The lowest BCUT2D eigenvalue weighted by molar-refractivity contribution is 0.905. The van der Waals surface area contributed by atoms with Gasteiger partial charge in [0, 0.05) is 0 Å². The van der Waals surface area contributed by atoms with E-state index < -0.39 is 6.04 Å². The average molecular weight is 203 g/mol. The third-order valence-electron chi connectivity index (χ3n) is 1.77. The van der Waals surface area contributed by atoms with Crippen LogP contribution in [0, 0.1) is 16.2 Å². The second-order valence-corrected chi connectivity index (χ2v) is 3.72. The van der Waals surface area contributed by atoms with Crippen molar-refractivity contribution in [3.05, 3.63) is 34.2 Å². The number of hydrogen-bond acceptors (Lipinski definition) is 5. The summed E-state index contributed by atoms with van der Waals surface area (Å²) in [4.78, 5) is 14.5. The summed E-state index contributed by atoms with van der Waals surface area (Å²) in [7, 11) is 0. The summed E-state index contributed by atoms with van der Waals surface area (Å²) < 4.78 is 0.964. The van der Waals surface area contributed by atoms with Crippen LogP contribution in [-0.4, -0.2) is 4.98 Å². The van der Waals surface area contributed by atoms with Gasteiger partial charge in [-0.3, -0.25) is 0 Å². The van der Waals surface area contributed by atoms with E-state index in [-0.39, 0.29) is 0 Å². The lowest BCUT2D eigenvalue weighted by Gasteiger charge is -1.89. The zero-order valence-corrected chi connectivity index (χ0v) is 7.86. The lowest BCUT2D eigenvalue weighted by atomic mass is 10.3. The molecule has 1 atom stereocenters. The second-order valence-electron chi connectivity index (χ2n) is 2.66. The van der Waals surface area contributed by atoms with Crippen LogP contribution in [-0.2, 0) is 0 Å². The Labute approximate surface area is 83.8 Å². The van der Waals surface area contributed by atoms with E-state index in [9.17, 15) is 4.91 Å². The first-order chi connectivity index (χ1) is 6.85. The molecule has 1 aromatic heterocycles. The smallest absolute Gasteiger partial charge is 0.229 e. The van der Waals surface area contributed by atoms with E-state index in [2.05, 4.69) is 10.2 Å². The molecule has 0 radical (unpaired) electrons. The largest absolute Gasteiger partial charge is 0.238 e.